The van der Waals surface area contributed by atoms with E-state index < -0.39 is 10.5 Å². The number of nitro groups is 1. The van der Waals surface area contributed by atoms with Gasteiger partial charge in [-0.1, -0.05) is 0 Å². The maximum Gasteiger partial charge on any atom is 0.410 e. The molecule has 2 fully saturated rings. The van der Waals surface area contributed by atoms with Gasteiger partial charge in [0.05, 0.1) is 23.3 Å². The van der Waals surface area contributed by atoms with Gasteiger partial charge in [0.1, 0.15) is 11.4 Å². The molecule has 1 aliphatic carbocycles. The number of nitrogens with zero attached hydrogens (tertiary/aromatic N) is 3. The molecule has 0 radical (unpaired) electrons. The van der Waals surface area contributed by atoms with Crippen LogP contribution in [0.5, 0.6) is 5.75 Å². The molecule has 1 aromatic rings. The maximum absolute atomic E-state index is 12.4. The van der Waals surface area contributed by atoms with Crippen LogP contribution in [-0.2, 0) is 4.74 Å². The average Bonchev–Trinajstić information content (AvgIpc) is 3.51. The lowest BCUT2D eigenvalue weighted by molar-refractivity contribution is -0.384. The van der Waals surface area contributed by atoms with E-state index in [0.29, 0.717) is 31.3 Å². The third-order valence-electron chi connectivity index (χ3n) is 5.96. The van der Waals surface area contributed by atoms with Crippen LogP contribution >= 0.6 is 11.6 Å². The lowest BCUT2D eigenvalue weighted by Crippen LogP contribution is -2.47. The van der Waals surface area contributed by atoms with Crippen LogP contribution < -0.4 is 9.64 Å². The molecule has 0 spiro atoms. The molecule has 172 valence electrons. The molecule has 1 aliphatic heterocycles. The Morgan fingerprint density at radius 2 is 1.97 bits per heavy atom. The Bertz CT molecular complexity index is 814. The van der Waals surface area contributed by atoms with Gasteiger partial charge in [-0.05, 0) is 52.5 Å². The zero-order valence-corrected chi connectivity index (χ0v) is 19.5. The molecule has 31 heavy (non-hydrogen) atoms. The fourth-order valence-corrected chi connectivity index (χ4v) is 4.04. The van der Waals surface area contributed by atoms with Gasteiger partial charge in [-0.25, -0.2) is 4.79 Å². The Balaban J connectivity index is 1.67. The van der Waals surface area contributed by atoms with E-state index in [1.54, 1.807) is 18.0 Å². The van der Waals surface area contributed by atoms with Crippen LogP contribution in [0.1, 0.15) is 46.5 Å². The molecule has 3 rings (SSSR count). The molecule has 0 bridgehead atoms. The third kappa shape index (κ3) is 5.93. The molecule has 2 aliphatic rings. The zero-order valence-electron chi connectivity index (χ0n) is 18.7. The fourth-order valence-electron chi connectivity index (χ4n) is 3.69. The second kappa shape index (κ2) is 9.10. The second-order valence-electron chi connectivity index (χ2n) is 9.64. The van der Waals surface area contributed by atoms with E-state index in [2.05, 4.69) is 4.90 Å². The Morgan fingerprint density at radius 3 is 2.48 bits per heavy atom. The number of carbonyl (C=O) groups excluding carboxylic acids is 1. The SMILES string of the molecule is CN(C(=O)OC(C)(C)C)C1CCN(c2ccc([N+](=O)[O-])cc2OCC2(CCl)CC2)CC1. The number of carbonyl (C=O) groups is 1. The first-order chi connectivity index (χ1) is 14.5. The highest BCUT2D eigenvalue weighted by molar-refractivity contribution is 6.18. The number of benzene rings is 1. The van der Waals surface area contributed by atoms with Crippen LogP contribution in [0.15, 0.2) is 18.2 Å². The number of rotatable bonds is 7. The van der Waals surface area contributed by atoms with Crippen LogP contribution in [-0.4, -0.2) is 60.2 Å². The first-order valence-electron chi connectivity index (χ1n) is 10.7. The Kier molecular flexibility index (Phi) is 6.88. The third-order valence-corrected chi connectivity index (χ3v) is 6.53. The molecule has 1 saturated carbocycles. The lowest BCUT2D eigenvalue weighted by Gasteiger charge is -2.38. The molecule has 9 heteroatoms. The first kappa shape index (κ1) is 23.4. The summed E-state index contributed by atoms with van der Waals surface area (Å²) in [6.07, 6.45) is 3.27. The number of alkyl halides is 1. The van der Waals surface area contributed by atoms with Gasteiger partial charge in [0, 0.05) is 43.5 Å². The van der Waals surface area contributed by atoms with Gasteiger partial charge in [0.15, 0.2) is 0 Å². The number of non-ortho nitro benzene ring substituents is 1. The van der Waals surface area contributed by atoms with E-state index in [4.69, 9.17) is 21.1 Å². The molecule has 1 aromatic carbocycles. The standard InChI is InChI=1S/C22H32ClN3O5/c1-21(2,3)31-20(27)24(4)16-7-11-25(12-8-16)18-6-5-17(26(28)29)13-19(18)30-15-22(14-23)9-10-22/h5-6,13,16H,7-12,14-15H2,1-4H3. The van der Waals surface area contributed by atoms with Gasteiger partial charge in [-0.15, -0.1) is 11.6 Å². The molecule has 0 atom stereocenters. The quantitative estimate of drug-likeness (QED) is 0.334. The Morgan fingerprint density at radius 1 is 1.32 bits per heavy atom. The summed E-state index contributed by atoms with van der Waals surface area (Å²) in [4.78, 5) is 27.1. The number of hydrogen-bond donors (Lipinski definition) is 0. The van der Waals surface area contributed by atoms with E-state index >= 15 is 0 Å². The Labute approximate surface area is 188 Å². The van der Waals surface area contributed by atoms with Crippen molar-refractivity contribution in [2.24, 2.45) is 5.41 Å². The summed E-state index contributed by atoms with van der Waals surface area (Å²) in [6.45, 7) is 7.45. The van der Waals surface area contributed by atoms with E-state index in [0.717, 1.165) is 31.4 Å². The van der Waals surface area contributed by atoms with Crippen molar-refractivity contribution in [1.82, 2.24) is 4.90 Å². The highest BCUT2D eigenvalue weighted by Gasteiger charge is 2.43. The van der Waals surface area contributed by atoms with Crippen molar-refractivity contribution in [3.8, 4) is 5.75 Å². The number of amides is 1. The van der Waals surface area contributed by atoms with Crippen LogP contribution in [0, 0.1) is 15.5 Å². The number of nitro benzene ring substituents is 1. The molecular weight excluding hydrogens is 422 g/mol. The summed E-state index contributed by atoms with van der Waals surface area (Å²) in [5, 5.41) is 11.3. The summed E-state index contributed by atoms with van der Waals surface area (Å²) < 4.78 is 11.5. The van der Waals surface area contributed by atoms with E-state index in [9.17, 15) is 14.9 Å². The van der Waals surface area contributed by atoms with E-state index in [1.165, 1.54) is 12.1 Å². The molecule has 8 nitrogen and oxygen atoms in total. The summed E-state index contributed by atoms with van der Waals surface area (Å²) in [5.74, 6) is 1.05. The van der Waals surface area contributed by atoms with Gasteiger partial charge in [-0.2, -0.15) is 0 Å². The topological polar surface area (TPSA) is 85.2 Å². The molecule has 1 heterocycles. The number of piperidine rings is 1. The minimum atomic E-state index is -0.529. The number of ether oxygens (including phenoxy) is 2. The zero-order chi connectivity index (χ0) is 22.8. The predicted octanol–water partition coefficient (Wildman–Crippen LogP) is 4.83. The minimum Gasteiger partial charge on any atom is -0.491 e. The second-order valence-corrected chi connectivity index (χ2v) is 9.91. The van der Waals surface area contributed by atoms with Crippen molar-refractivity contribution < 1.29 is 19.2 Å². The number of hydrogen-bond acceptors (Lipinski definition) is 6. The molecule has 1 saturated heterocycles. The van der Waals surface area contributed by atoms with Crippen LogP contribution in [0.25, 0.3) is 0 Å². The van der Waals surface area contributed by atoms with Crippen LogP contribution in [0.2, 0.25) is 0 Å². The maximum atomic E-state index is 12.4. The molecule has 0 aromatic heterocycles. The van der Waals surface area contributed by atoms with Crippen molar-refractivity contribution in [3.05, 3.63) is 28.3 Å². The fraction of sp³-hybridized carbons (Fsp3) is 0.682. The lowest BCUT2D eigenvalue weighted by atomic mass is 10.0. The average molecular weight is 454 g/mol. The van der Waals surface area contributed by atoms with Crippen molar-refractivity contribution in [1.29, 1.82) is 0 Å². The van der Waals surface area contributed by atoms with Crippen molar-refractivity contribution >= 4 is 29.1 Å². The highest BCUT2D eigenvalue weighted by atomic mass is 35.5. The Hall–Kier alpha value is -2.22. The number of anilines is 1. The molecule has 1 amide bonds. The molecule has 0 N–H and O–H groups in total. The van der Waals surface area contributed by atoms with Gasteiger partial charge >= 0.3 is 6.09 Å². The summed E-state index contributed by atoms with van der Waals surface area (Å²) in [7, 11) is 1.77. The number of halogens is 1. The van der Waals surface area contributed by atoms with E-state index in [-0.39, 0.29) is 23.2 Å². The van der Waals surface area contributed by atoms with Gasteiger partial charge < -0.3 is 19.3 Å². The van der Waals surface area contributed by atoms with E-state index in [1.807, 2.05) is 20.8 Å². The van der Waals surface area contributed by atoms with Crippen molar-refractivity contribution in [2.75, 3.05) is 37.5 Å². The summed E-state index contributed by atoms with van der Waals surface area (Å²) in [5.41, 5.74) is 0.314. The van der Waals surface area contributed by atoms with Gasteiger partial charge in [-0.3, -0.25) is 10.1 Å². The highest BCUT2D eigenvalue weighted by Crippen LogP contribution is 2.47. The first-order valence-corrected chi connectivity index (χ1v) is 11.2. The smallest absolute Gasteiger partial charge is 0.410 e. The molecule has 0 unspecified atom stereocenters. The largest absolute Gasteiger partial charge is 0.491 e. The normalized spacial score (nSPS) is 18.4. The van der Waals surface area contributed by atoms with Crippen LogP contribution in [0.4, 0.5) is 16.2 Å². The van der Waals surface area contributed by atoms with Crippen molar-refractivity contribution in [2.45, 2.75) is 58.1 Å². The van der Waals surface area contributed by atoms with Gasteiger partial charge in [0.25, 0.3) is 5.69 Å². The summed E-state index contributed by atoms with van der Waals surface area (Å²) in [6, 6.07) is 4.85. The molecular formula is C22H32ClN3O5. The summed E-state index contributed by atoms with van der Waals surface area (Å²) >= 11 is 6.06. The van der Waals surface area contributed by atoms with Crippen LogP contribution in [0.3, 0.4) is 0 Å². The predicted molar refractivity (Wildman–Crippen MR) is 120 cm³/mol. The minimum absolute atomic E-state index is 0.00737. The monoisotopic (exact) mass is 453 g/mol. The van der Waals surface area contributed by atoms with Gasteiger partial charge in [0.2, 0.25) is 0 Å². The van der Waals surface area contributed by atoms with Crippen molar-refractivity contribution in [3.63, 3.8) is 0 Å².